The van der Waals surface area contributed by atoms with Crippen LogP contribution in [-0.2, 0) is 4.79 Å². The van der Waals surface area contributed by atoms with Crippen molar-refractivity contribution in [3.63, 3.8) is 0 Å². The number of amides is 1. The zero-order valence-electron chi connectivity index (χ0n) is 13.4. The molecule has 1 aliphatic heterocycles. The highest BCUT2D eigenvalue weighted by Gasteiger charge is 2.21. The van der Waals surface area contributed by atoms with Crippen LogP contribution >= 0.6 is 23.2 Å². The van der Waals surface area contributed by atoms with Gasteiger partial charge in [0.05, 0.1) is 22.3 Å². The van der Waals surface area contributed by atoms with Crippen LogP contribution in [0, 0.1) is 5.82 Å². The number of nitrogens with zero attached hydrogens (tertiary/aromatic N) is 3. The number of pyridine rings is 1. The fraction of sp³-hybridized carbons (Fsp3) is 0.294. The molecule has 0 spiro atoms. The second-order valence-corrected chi connectivity index (χ2v) is 6.59. The molecule has 0 atom stereocenters. The first-order chi connectivity index (χ1) is 12.0. The lowest BCUT2D eigenvalue weighted by molar-refractivity contribution is -0.117. The lowest BCUT2D eigenvalue weighted by Gasteiger charge is -2.35. The van der Waals surface area contributed by atoms with E-state index in [-0.39, 0.29) is 18.1 Å². The predicted molar refractivity (Wildman–Crippen MR) is 97.9 cm³/mol. The molecule has 1 N–H and O–H groups in total. The van der Waals surface area contributed by atoms with Gasteiger partial charge in [0.2, 0.25) is 5.91 Å². The van der Waals surface area contributed by atoms with Gasteiger partial charge in [0.15, 0.2) is 0 Å². The minimum absolute atomic E-state index is 0.197. The summed E-state index contributed by atoms with van der Waals surface area (Å²) in [7, 11) is 0. The summed E-state index contributed by atoms with van der Waals surface area (Å²) in [6.07, 6.45) is 1.57. The molecule has 0 aliphatic carbocycles. The van der Waals surface area contributed by atoms with Gasteiger partial charge in [-0.15, -0.1) is 0 Å². The second-order valence-electron chi connectivity index (χ2n) is 5.75. The van der Waals surface area contributed by atoms with Crippen molar-refractivity contribution in [3.05, 3.63) is 52.4 Å². The van der Waals surface area contributed by atoms with Crippen molar-refractivity contribution in [3.8, 4) is 0 Å². The summed E-state index contributed by atoms with van der Waals surface area (Å²) in [5.41, 5.74) is 0.197. The Morgan fingerprint density at radius 1 is 1.20 bits per heavy atom. The van der Waals surface area contributed by atoms with Gasteiger partial charge < -0.3 is 10.2 Å². The fourth-order valence-electron chi connectivity index (χ4n) is 2.71. The Kier molecular flexibility index (Phi) is 5.73. The third-order valence-corrected chi connectivity index (χ3v) is 4.46. The molecule has 132 valence electrons. The van der Waals surface area contributed by atoms with Crippen LogP contribution < -0.4 is 10.2 Å². The number of carbonyl (C=O) groups is 1. The van der Waals surface area contributed by atoms with Gasteiger partial charge in [-0.05, 0) is 18.2 Å². The van der Waals surface area contributed by atoms with Crippen molar-refractivity contribution in [1.82, 2.24) is 9.88 Å². The summed E-state index contributed by atoms with van der Waals surface area (Å²) in [6, 6.07) is 7.79. The fourth-order valence-corrected chi connectivity index (χ4v) is 3.21. The molecule has 0 radical (unpaired) electrons. The van der Waals surface area contributed by atoms with Crippen LogP contribution in [0.5, 0.6) is 0 Å². The van der Waals surface area contributed by atoms with Crippen LogP contribution in [0.1, 0.15) is 0 Å². The number of aromatic nitrogens is 1. The smallest absolute Gasteiger partial charge is 0.238 e. The molecular formula is C17H17Cl2FN4O. The molecule has 2 aromatic rings. The summed E-state index contributed by atoms with van der Waals surface area (Å²) < 4.78 is 13.6. The Labute approximate surface area is 155 Å². The molecule has 0 saturated carbocycles. The number of halogens is 3. The Hall–Kier alpha value is -1.89. The number of hydrogen-bond donors (Lipinski definition) is 1. The van der Waals surface area contributed by atoms with E-state index < -0.39 is 5.82 Å². The molecule has 3 rings (SSSR count). The number of para-hydroxylation sites is 1. The summed E-state index contributed by atoms with van der Waals surface area (Å²) >= 11 is 12.1. The van der Waals surface area contributed by atoms with Gasteiger partial charge in [0.25, 0.3) is 0 Å². The van der Waals surface area contributed by atoms with Gasteiger partial charge in [0.1, 0.15) is 11.6 Å². The third-order valence-electron chi connectivity index (χ3n) is 3.98. The van der Waals surface area contributed by atoms with Crippen LogP contribution in [0.2, 0.25) is 10.0 Å². The van der Waals surface area contributed by atoms with Crippen molar-refractivity contribution in [2.24, 2.45) is 0 Å². The minimum atomic E-state index is -0.441. The number of rotatable bonds is 4. The first-order valence-electron chi connectivity index (χ1n) is 7.85. The Bertz CT molecular complexity index is 766. The Morgan fingerprint density at radius 3 is 2.60 bits per heavy atom. The maximum Gasteiger partial charge on any atom is 0.238 e. The van der Waals surface area contributed by atoms with E-state index in [0.29, 0.717) is 42.0 Å². The first kappa shape index (κ1) is 17.9. The third kappa shape index (κ3) is 4.60. The van der Waals surface area contributed by atoms with E-state index in [1.807, 2.05) is 4.90 Å². The summed E-state index contributed by atoms with van der Waals surface area (Å²) in [5.74, 6) is 0.0202. The number of nitrogens with one attached hydrogen (secondary N) is 1. The molecule has 2 heterocycles. The van der Waals surface area contributed by atoms with Crippen molar-refractivity contribution in [2.75, 3.05) is 42.9 Å². The number of benzene rings is 1. The molecule has 1 aromatic carbocycles. The van der Waals surface area contributed by atoms with Gasteiger partial charge in [-0.2, -0.15) is 0 Å². The van der Waals surface area contributed by atoms with Crippen molar-refractivity contribution in [2.45, 2.75) is 0 Å². The minimum Gasteiger partial charge on any atom is -0.353 e. The van der Waals surface area contributed by atoms with Gasteiger partial charge >= 0.3 is 0 Å². The largest absolute Gasteiger partial charge is 0.353 e. The number of anilines is 2. The van der Waals surface area contributed by atoms with Crippen LogP contribution in [0.15, 0.2) is 36.5 Å². The quantitative estimate of drug-likeness (QED) is 0.881. The number of piperazine rings is 1. The molecule has 1 saturated heterocycles. The molecule has 8 heteroatoms. The van der Waals surface area contributed by atoms with Crippen molar-refractivity contribution in [1.29, 1.82) is 0 Å². The molecule has 1 aliphatic rings. The van der Waals surface area contributed by atoms with E-state index in [1.54, 1.807) is 30.5 Å². The zero-order chi connectivity index (χ0) is 17.8. The summed E-state index contributed by atoms with van der Waals surface area (Å²) in [4.78, 5) is 20.4. The second kappa shape index (κ2) is 7.99. The standard InChI is InChI=1S/C17H17Cl2FN4O/c18-12-9-13(19)17(21-10-12)24-7-5-23(6-8-24)11-16(25)22-15-4-2-1-3-14(15)20/h1-4,9-10H,5-8,11H2,(H,22,25). The normalized spacial score (nSPS) is 15.2. The van der Waals surface area contributed by atoms with E-state index in [4.69, 9.17) is 23.2 Å². The maximum atomic E-state index is 13.6. The van der Waals surface area contributed by atoms with E-state index in [2.05, 4.69) is 15.2 Å². The predicted octanol–water partition coefficient (Wildman–Crippen LogP) is 3.29. The van der Waals surface area contributed by atoms with Gasteiger partial charge in [-0.1, -0.05) is 35.3 Å². The molecule has 0 unspecified atom stereocenters. The molecule has 25 heavy (non-hydrogen) atoms. The number of carbonyl (C=O) groups excluding carboxylic acids is 1. The highest BCUT2D eigenvalue weighted by atomic mass is 35.5. The first-order valence-corrected chi connectivity index (χ1v) is 8.61. The molecule has 1 fully saturated rings. The van der Waals surface area contributed by atoms with E-state index in [1.165, 1.54) is 6.07 Å². The van der Waals surface area contributed by atoms with Gasteiger partial charge in [-0.3, -0.25) is 9.69 Å². The topological polar surface area (TPSA) is 48.5 Å². The van der Waals surface area contributed by atoms with E-state index in [0.717, 1.165) is 0 Å². The average Bonchev–Trinajstić information content (AvgIpc) is 2.58. The Morgan fingerprint density at radius 2 is 1.92 bits per heavy atom. The monoisotopic (exact) mass is 382 g/mol. The molecular weight excluding hydrogens is 366 g/mol. The lowest BCUT2D eigenvalue weighted by Crippen LogP contribution is -2.49. The summed E-state index contributed by atoms with van der Waals surface area (Å²) in [6.45, 7) is 2.98. The zero-order valence-corrected chi connectivity index (χ0v) is 14.9. The van der Waals surface area contributed by atoms with E-state index in [9.17, 15) is 9.18 Å². The SMILES string of the molecule is O=C(CN1CCN(c2ncc(Cl)cc2Cl)CC1)Nc1ccccc1F. The van der Waals surface area contributed by atoms with Crippen molar-refractivity contribution >= 4 is 40.6 Å². The highest BCUT2D eigenvalue weighted by Crippen LogP contribution is 2.26. The number of hydrogen-bond acceptors (Lipinski definition) is 4. The summed E-state index contributed by atoms with van der Waals surface area (Å²) in [5, 5.41) is 3.61. The van der Waals surface area contributed by atoms with E-state index >= 15 is 0 Å². The molecule has 5 nitrogen and oxygen atoms in total. The van der Waals surface area contributed by atoms with Gasteiger partial charge in [-0.25, -0.2) is 9.37 Å². The van der Waals surface area contributed by atoms with Crippen LogP contribution in [0.4, 0.5) is 15.9 Å². The van der Waals surface area contributed by atoms with Crippen LogP contribution in [-0.4, -0.2) is 48.5 Å². The molecule has 1 amide bonds. The average molecular weight is 383 g/mol. The van der Waals surface area contributed by atoms with Crippen molar-refractivity contribution < 1.29 is 9.18 Å². The van der Waals surface area contributed by atoms with Crippen LogP contribution in [0.25, 0.3) is 0 Å². The molecule has 0 bridgehead atoms. The molecule has 1 aromatic heterocycles. The van der Waals surface area contributed by atoms with Crippen LogP contribution in [0.3, 0.4) is 0 Å². The van der Waals surface area contributed by atoms with Gasteiger partial charge in [0, 0.05) is 32.4 Å². The highest BCUT2D eigenvalue weighted by molar-refractivity contribution is 6.36. The Balaban J connectivity index is 1.52. The lowest BCUT2D eigenvalue weighted by atomic mass is 10.3. The maximum absolute atomic E-state index is 13.6.